The van der Waals surface area contributed by atoms with E-state index in [1.54, 1.807) is 34.6 Å². The van der Waals surface area contributed by atoms with Crippen molar-refractivity contribution in [3.63, 3.8) is 0 Å². The highest BCUT2D eigenvalue weighted by molar-refractivity contribution is 6.40. The smallest absolute Gasteiger partial charge is 0.422 e. The first-order valence-electron chi connectivity index (χ1n) is 7.79. The highest BCUT2D eigenvalue weighted by Crippen LogP contribution is 2.38. The molecule has 2 amide bonds. The van der Waals surface area contributed by atoms with Crippen molar-refractivity contribution < 1.29 is 28.2 Å². The third kappa shape index (κ3) is 4.23. The fourth-order valence-corrected chi connectivity index (χ4v) is 2.28. The maximum Gasteiger partial charge on any atom is 0.422 e. The van der Waals surface area contributed by atoms with Crippen LogP contribution in [0.3, 0.4) is 0 Å². The summed E-state index contributed by atoms with van der Waals surface area (Å²) in [5, 5.41) is 0. The second-order valence-electron chi connectivity index (χ2n) is 6.83. The maximum absolute atomic E-state index is 13.6. The van der Waals surface area contributed by atoms with Gasteiger partial charge in [-0.1, -0.05) is 0 Å². The molecule has 1 aromatic carbocycles. The molecule has 1 heterocycles. The van der Waals surface area contributed by atoms with Crippen molar-refractivity contribution in [3.8, 4) is 0 Å². The molecular weight excluding hydrogens is 329 g/mol. The Labute approximate surface area is 145 Å². The Bertz CT molecular complexity index is 761. The standard InChI is InChI=1S/C18H20FNO5/c1-10(2)24-15(21)9-13-12-8-11(19)6-7-14(12)20(16(13)22)17(23)25-18(3,4)5/h6-10H,1-5H3/b13-9+. The van der Waals surface area contributed by atoms with Crippen LogP contribution in [0.4, 0.5) is 14.9 Å². The van der Waals surface area contributed by atoms with E-state index >= 15 is 0 Å². The minimum absolute atomic E-state index is 0.119. The van der Waals surface area contributed by atoms with Crippen molar-refractivity contribution in [2.24, 2.45) is 0 Å². The fraction of sp³-hybridized carbons (Fsp3) is 0.389. The van der Waals surface area contributed by atoms with Crippen LogP contribution >= 0.6 is 0 Å². The van der Waals surface area contributed by atoms with E-state index in [0.717, 1.165) is 23.1 Å². The number of anilines is 1. The Balaban J connectivity index is 2.47. The average Bonchev–Trinajstić information content (AvgIpc) is 2.68. The van der Waals surface area contributed by atoms with Crippen LogP contribution in [0.15, 0.2) is 24.3 Å². The Morgan fingerprint density at radius 1 is 1.24 bits per heavy atom. The molecule has 0 radical (unpaired) electrons. The number of nitrogens with zero attached hydrogens (tertiary/aromatic N) is 1. The van der Waals surface area contributed by atoms with Gasteiger partial charge >= 0.3 is 12.1 Å². The largest absolute Gasteiger partial charge is 0.460 e. The van der Waals surface area contributed by atoms with E-state index in [0.29, 0.717) is 0 Å². The van der Waals surface area contributed by atoms with Gasteiger partial charge in [0.25, 0.3) is 5.91 Å². The molecule has 0 unspecified atom stereocenters. The van der Waals surface area contributed by atoms with Crippen molar-refractivity contribution in [1.82, 2.24) is 0 Å². The minimum atomic E-state index is -0.897. The molecule has 2 rings (SSSR count). The molecular formula is C18H20FNO5. The second kappa shape index (κ2) is 6.66. The number of ether oxygens (including phenoxy) is 2. The van der Waals surface area contributed by atoms with E-state index in [4.69, 9.17) is 9.47 Å². The van der Waals surface area contributed by atoms with Gasteiger partial charge in [0.05, 0.1) is 17.4 Å². The number of halogens is 1. The van der Waals surface area contributed by atoms with Gasteiger partial charge in [-0.25, -0.2) is 18.9 Å². The van der Waals surface area contributed by atoms with Crippen LogP contribution in [0.25, 0.3) is 5.57 Å². The van der Waals surface area contributed by atoms with E-state index in [1.807, 2.05) is 0 Å². The number of rotatable bonds is 2. The SMILES string of the molecule is CC(C)OC(=O)/C=C1/C(=O)N(C(=O)OC(C)(C)C)c2ccc(F)cc21. The van der Waals surface area contributed by atoms with E-state index in [9.17, 15) is 18.8 Å². The van der Waals surface area contributed by atoms with Gasteiger partial charge in [0.1, 0.15) is 11.4 Å². The summed E-state index contributed by atoms with van der Waals surface area (Å²) in [6.07, 6.45) is -0.314. The van der Waals surface area contributed by atoms with Crippen molar-refractivity contribution in [2.45, 2.75) is 46.3 Å². The van der Waals surface area contributed by atoms with Crippen LogP contribution in [0, 0.1) is 5.82 Å². The Morgan fingerprint density at radius 3 is 2.44 bits per heavy atom. The molecule has 0 fully saturated rings. The molecule has 0 saturated carbocycles. The van der Waals surface area contributed by atoms with Gasteiger partial charge < -0.3 is 9.47 Å². The van der Waals surface area contributed by atoms with E-state index in [2.05, 4.69) is 0 Å². The van der Waals surface area contributed by atoms with Gasteiger partial charge in [-0.05, 0) is 52.8 Å². The van der Waals surface area contributed by atoms with Gasteiger partial charge in [-0.3, -0.25) is 4.79 Å². The van der Waals surface area contributed by atoms with Crippen LogP contribution in [0.2, 0.25) is 0 Å². The predicted molar refractivity (Wildman–Crippen MR) is 89.3 cm³/mol. The molecule has 0 aliphatic carbocycles. The molecule has 1 aromatic rings. The number of fused-ring (bicyclic) bond motifs is 1. The monoisotopic (exact) mass is 349 g/mol. The van der Waals surface area contributed by atoms with Gasteiger partial charge in [0.15, 0.2) is 0 Å². The second-order valence-corrected chi connectivity index (χ2v) is 6.83. The number of hydrogen-bond donors (Lipinski definition) is 0. The zero-order valence-electron chi connectivity index (χ0n) is 14.8. The fourth-order valence-electron chi connectivity index (χ4n) is 2.28. The van der Waals surface area contributed by atoms with Gasteiger partial charge in [-0.2, -0.15) is 0 Å². The Hall–Kier alpha value is -2.70. The molecule has 0 bridgehead atoms. The normalized spacial score (nSPS) is 15.6. The third-order valence-corrected chi connectivity index (χ3v) is 3.11. The quantitative estimate of drug-likeness (QED) is 0.604. The molecule has 0 N–H and O–H groups in total. The number of benzene rings is 1. The lowest BCUT2D eigenvalue weighted by Gasteiger charge is -2.23. The Morgan fingerprint density at radius 2 is 1.88 bits per heavy atom. The Kier molecular flexibility index (Phi) is 4.97. The van der Waals surface area contributed by atoms with Crippen molar-refractivity contribution in [1.29, 1.82) is 0 Å². The zero-order valence-corrected chi connectivity index (χ0v) is 14.8. The first-order valence-corrected chi connectivity index (χ1v) is 7.79. The lowest BCUT2D eigenvalue weighted by molar-refractivity contribution is -0.141. The highest BCUT2D eigenvalue weighted by Gasteiger charge is 2.39. The number of amides is 2. The summed E-state index contributed by atoms with van der Waals surface area (Å²) in [6, 6.07) is 3.51. The third-order valence-electron chi connectivity index (χ3n) is 3.11. The molecule has 0 spiro atoms. The lowest BCUT2D eigenvalue weighted by atomic mass is 10.1. The van der Waals surface area contributed by atoms with Gasteiger partial charge in [-0.15, -0.1) is 0 Å². The molecule has 25 heavy (non-hydrogen) atoms. The summed E-state index contributed by atoms with van der Waals surface area (Å²) in [6.45, 7) is 8.30. The van der Waals surface area contributed by atoms with E-state index < -0.39 is 29.4 Å². The van der Waals surface area contributed by atoms with Crippen LogP contribution in [-0.2, 0) is 19.1 Å². The summed E-state index contributed by atoms with van der Waals surface area (Å²) in [5.74, 6) is -2.11. The molecule has 7 heteroatoms. The molecule has 1 aliphatic rings. The average molecular weight is 349 g/mol. The first kappa shape index (κ1) is 18.6. The molecule has 0 saturated heterocycles. The van der Waals surface area contributed by atoms with Crippen LogP contribution in [-0.4, -0.2) is 29.7 Å². The number of imide groups is 1. The molecule has 0 atom stereocenters. The summed E-state index contributed by atoms with van der Waals surface area (Å²) in [5.41, 5.74) is -0.646. The summed E-state index contributed by atoms with van der Waals surface area (Å²) in [4.78, 5) is 37.7. The molecule has 134 valence electrons. The number of esters is 1. The summed E-state index contributed by atoms with van der Waals surface area (Å²) < 4.78 is 23.8. The van der Waals surface area contributed by atoms with Crippen LogP contribution in [0.1, 0.15) is 40.2 Å². The van der Waals surface area contributed by atoms with Crippen molar-refractivity contribution >= 4 is 29.2 Å². The minimum Gasteiger partial charge on any atom is -0.460 e. The molecule has 6 nitrogen and oxygen atoms in total. The van der Waals surface area contributed by atoms with Crippen molar-refractivity contribution in [3.05, 3.63) is 35.7 Å². The molecule has 1 aliphatic heterocycles. The highest BCUT2D eigenvalue weighted by atomic mass is 19.1. The van der Waals surface area contributed by atoms with E-state index in [1.165, 1.54) is 6.07 Å². The maximum atomic E-state index is 13.6. The van der Waals surface area contributed by atoms with Crippen LogP contribution in [0.5, 0.6) is 0 Å². The van der Waals surface area contributed by atoms with Crippen molar-refractivity contribution in [2.75, 3.05) is 4.90 Å². The van der Waals surface area contributed by atoms with E-state index in [-0.39, 0.29) is 22.9 Å². The number of hydrogen-bond acceptors (Lipinski definition) is 5. The number of carbonyl (C=O) groups is 3. The summed E-state index contributed by atoms with van der Waals surface area (Å²) >= 11 is 0. The topological polar surface area (TPSA) is 72.9 Å². The first-order chi connectivity index (χ1) is 11.5. The van der Waals surface area contributed by atoms with Crippen LogP contribution < -0.4 is 4.90 Å². The van der Waals surface area contributed by atoms with Gasteiger partial charge in [0.2, 0.25) is 0 Å². The summed E-state index contributed by atoms with van der Waals surface area (Å²) in [7, 11) is 0. The van der Waals surface area contributed by atoms with Gasteiger partial charge in [0, 0.05) is 11.6 Å². The predicted octanol–water partition coefficient (Wildman–Crippen LogP) is 3.44. The zero-order chi connectivity index (χ0) is 18.9. The lowest BCUT2D eigenvalue weighted by Crippen LogP contribution is -2.38. The number of carbonyl (C=O) groups excluding carboxylic acids is 3. The molecule has 0 aromatic heterocycles.